The summed E-state index contributed by atoms with van der Waals surface area (Å²) >= 11 is 0. The number of nitrogens with zero attached hydrogens (tertiary/aromatic N) is 8. The Morgan fingerprint density at radius 2 is 1.15 bits per heavy atom. The van der Waals surface area contributed by atoms with Gasteiger partial charge in [0, 0.05) is 68.3 Å². The Labute approximate surface area is 470 Å². The zero-order chi connectivity index (χ0) is 59.2. The lowest BCUT2D eigenvalue weighted by Gasteiger charge is -2.41. The standard InChI is InChI=1S/C57H97N11O11/c1-15-37(5)49-54(77)63(10)34-47(72)61(8)35-48(73)66(13)43(31-40-23-18-17-19-24-40)53(76)62(9)33-44(69)58-32-46(71)68-28-22-25-41(68)52(75)60-57(26-20-21-27-57)56(79)67(14)50(38(6)16-2)55(78)64(11)39(7)30-45(70)65(12)42(29-36(3)4)51(74)59-49/h36-43,49-50H,15-35H2,1-14H3,(H,58,69)(H,59,74)(H,60,75)/t37-,38-,39?,41?,42?,43?,49?,50?/m0/s1. The lowest BCUT2D eigenvalue weighted by atomic mass is 9.84. The third-order valence-corrected chi connectivity index (χ3v) is 17.6. The largest absolute Gasteiger partial charge is 0.345 e. The van der Waals surface area contributed by atoms with E-state index in [1.807, 2.05) is 34.6 Å². The Morgan fingerprint density at radius 3 is 1.75 bits per heavy atom. The van der Waals surface area contributed by atoms with E-state index in [0.29, 0.717) is 57.8 Å². The van der Waals surface area contributed by atoms with Gasteiger partial charge in [-0.1, -0.05) is 99.3 Å². The van der Waals surface area contributed by atoms with Gasteiger partial charge in [-0.05, 0) is 69.1 Å². The number of nitrogens with one attached hydrogen (secondary N) is 3. The Bertz CT molecular complexity index is 2200. The first-order valence-corrected chi connectivity index (χ1v) is 29.1. The van der Waals surface area contributed by atoms with Crippen LogP contribution in [0, 0.1) is 23.7 Å². The monoisotopic (exact) mass is 1110 g/mol. The summed E-state index contributed by atoms with van der Waals surface area (Å²) in [5.41, 5.74) is -1.36. The van der Waals surface area contributed by atoms with Gasteiger partial charge in [0.25, 0.3) is 0 Å². The van der Waals surface area contributed by atoms with Gasteiger partial charge in [0.05, 0.1) is 26.2 Å². The summed E-state index contributed by atoms with van der Waals surface area (Å²) in [5.74, 6) is -6.35. The highest BCUT2D eigenvalue weighted by atomic mass is 16.2. The van der Waals surface area contributed by atoms with Crippen LogP contribution in [0.5, 0.6) is 0 Å². The minimum absolute atomic E-state index is 0.0613. The van der Waals surface area contributed by atoms with Gasteiger partial charge in [-0.3, -0.25) is 52.7 Å². The average Bonchev–Trinajstić information content (AvgIpc) is 4.13. The van der Waals surface area contributed by atoms with Crippen LogP contribution in [0.1, 0.15) is 151 Å². The molecule has 11 amide bonds. The first-order chi connectivity index (χ1) is 37.1. The molecule has 446 valence electrons. The van der Waals surface area contributed by atoms with Gasteiger partial charge in [-0.15, -0.1) is 0 Å². The van der Waals surface area contributed by atoms with Crippen molar-refractivity contribution >= 4 is 65.0 Å². The second kappa shape index (κ2) is 29.6. The van der Waals surface area contributed by atoms with Crippen LogP contribution in [0.2, 0.25) is 0 Å². The molecule has 3 N–H and O–H groups in total. The number of amides is 11. The predicted octanol–water partition coefficient (Wildman–Crippen LogP) is 2.22. The Hall–Kier alpha value is -5.83. The minimum Gasteiger partial charge on any atom is -0.345 e. The molecule has 2 aliphatic heterocycles. The van der Waals surface area contributed by atoms with E-state index in [1.165, 1.54) is 74.4 Å². The smallest absolute Gasteiger partial charge is 0.248 e. The second-order valence-corrected chi connectivity index (χ2v) is 24.0. The quantitative estimate of drug-likeness (QED) is 0.318. The summed E-state index contributed by atoms with van der Waals surface area (Å²) in [6.45, 7) is 11.5. The molecule has 8 atom stereocenters. The van der Waals surface area contributed by atoms with E-state index in [1.54, 1.807) is 27.9 Å². The van der Waals surface area contributed by atoms with Crippen LogP contribution < -0.4 is 16.0 Å². The highest BCUT2D eigenvalue weighted by molar-refractivity contribution is 5.99. The van der Waals surface area contributed by atoms with E-state index >= 15 is 0 Å². The van der Waals surface area contributed by atoms with E-state index in [9.17, 15) is 52.7 Å². The van der Waals surface area contributed by atoms with Gasteiger partial charge in [0.15, 0.2) is 0 Å². The first kappa shape index (κ1) is 65.7. The second-order valence-electron chi connectivity index (χ2n) is 24.0. The molecule has 2 heterocycles. The molecule has 0 bridgehead atoms. The lowest BCUT2D eigenvalue weighted by Crippen LogP contribution is -2.64. The lowest BCUT2D eigenvalue weighted by molar-refractivity contribution is -0.153. The number of hydrogen-bond donors (Lipinski definition) is 3. The van der Waals surface area contributed by atoms with Crippen molar-refractivity contribution in [2.75, 3.05) is 82.1 Å². The number of carbonyl (C=O) groups excluding carboxylic acids is 11. The summed E-state index contributed by atoms with van der Waals surface area (Å²) in [7, 11) is 10.5. The molecule has 2 saturated heterocycles. The van der Waals surface area contributed by atoms with Crippen LogP contribution in [0.4, 0.5) is 0 Å². The maximum absolute atomic E-state index is 14.9. The molecule has 79 heavy (non-hydrogen) atoms. The predicted molar refractivity (Wildman–Crippen MR) is 298 cm³/mol. The normalized spacial score (nSPS) is 27.7. The molecule has 2 aliphatic carbocycles. The van der Waals surface area contributed by atoms with Gasteiger partial charge in [-0.25, -0.2) is 0 Å². The fraction of sp³-hybridized carbons (Fsp3) is 0.807. The molecule has 6 unspecified atom stereocenters. The van der Waals surface area contributed by atoms with Crippen molar-refractivity contribution in [1.29, 1.82) is 0 Å². The molecular formula is C57H97N11O11. The summed E-state index contributed by atoms with van der Waals surface area (Å²) < 4.78 is 0. The summed E-state index contributed by atoms with van der Waals surface area (Å²) in [4.78, 5) is 167. The van der Waals surface area contributed by atoms with Crippen molar-refractivity contribution in [3.63, 3.8) is 0 Å². The van der Waals surface area contributed by atoms with Crippen LogP contribution in [0.3, 0.4) is 0 Å². The van der Waals surface area contributed by atoms with Crippen molar-refractivity contribution in [3.8, 4) is 0 Å². The van der Waals surface area contributed by atoms with Crippen LogP contribution in [-0.2, 0) is 52.7 Å². The fourth-order valence-corrected chi connectivity index (χ4v) is 11.7. The van der Waals surface area contributed by atoms with Gasteiger partial charge >= 0.3 is 0 Å². The molecule has 4 fully saturated rings. The van der Waals surface area contributed by atoms with Gasteiger partial charge in [0.1, 0.15) is 35.7 Å². The first-order valence-electron chi connectivity index (χ1n) is 29.1. The Morgan fingerprint density at radius 1 is 0.570 bits per heavy atom. The molecule has 0 aromatic rings. The summed E-state index contributed by atoms with van der Waals surface area (Å²) in [6.07, 6.45) is 8.88. The van der Waals surface area contributed by atoms with E-state index in [0.717, 1.165) is 32.1 Å². The molecule has 22 heteroatoms. The molecule has 0 aromatic carbocycles. The van der Waals surface area contributed by atoms with E-state index in [2.05, 4.69) is 16.0 Å². The maximum atomic E-state index is 14.9. The van der Waals surface area contributed by atoms with Crippen LogP contribution >= 0.6 is 0 Å². The van der Waals surface area contributed by atoms with E-state index in [4.69, 9.17) is 0 Å². The number of carbonyl (C=O) groups is 11. The van der Waals surface area contributed by atoms with E-state index < -0.39 is 139 Å². The SMILES string of the molecule is CC[C@H](C)C1NC(=O)C(CC(C)C)N(C)C(=O)CC(C)N(C)C(=O)C([C@@H](C)CC)N(C)C(=O)C2(CCCC2)NC(=O)C2CCCN2C(=O)CNC(=O)CN(C)C(=O)C(CC2CCCCC2)N(C)C(=O)CN(C)C(=O)CN(C)C1=O. The van der Waals surface area contributed by atoms with E-state index in [-0.39, 0.29) is 37.1 Å². The molecule has 0 radical (unpaired) electrons. The molecule has 22 nitrogen and oxygen atoms in total. The average molecular weight is 1110 g/mol. The zero-order valence-corrected chi connectivity index (χ0v) is 50.2. The highest BCUT2D eigenvalue weighted by Gasteiger charge is 2.49. The van der Waals surface area contributed by atoms with Gasteiger partial charge < -0.3 is 55.1 Å². The van der Waals surface area contributed by atoms with Crippen molar-refractivity contribution in [1.82, 2.24) is 55.1 Å². The number of hydrogen-bond acceptors (Lipinski definition) is 11. The zero-order valence-electron chi connectivity index (χ0n) is 50.2. The number of likely N-dealkylation sites (N-methyl/N-ethyl adjacent to an activating group) is 7. The number of rotatable bonds is 8. The molecule has 4 rings (SSSR count). The van der Waals surface area contributed by atoms with Crippen molar-refractivity contribution < 1.29 is 52.7 Å². The van der Waals surface area contributed by atoms with Crippen LogP contribution in [-0.4, -0.2) is 228 Å². The van der Waals surface area contributed by atoms with Crippen molar-refractivity contribution in [2.24, 2.45) is 23.7 Å². The summed E-state index contributed by atoms with van der Waals surface area (Å²) in [6, 6.07) is -5.69. The summed E-state index contributed by atoms with van der Waals surface area (Å²) in [5, 5.41) is 8.58. The maximum Gasteiger partial charge on any atom is 0.248 e. The van der Waals surface area contributed by atoms with Crippen LogP contribution in [0.25, 0.3) is 0 Å². The molecular weight excluding hydrogens is 1010 g/mol. The number of fused-ring (bicyclic) bond motifs is 1. The van der Waals surface area contributed by atoms with Crippen molar-refractivity contribution in [2.45, 2.75) is 193 Å². The third kappa shape index (κ3) is 16.9. The van der Waals surface area contributed by atoms with Crippen LogP contribution in [0.15, 0.2) is 0 Å². The fourth-order valence-electron chi connectivity index (χ4n) is 11.7. The molecule has 0 aromatic heterocycles. The Balaban J connectivity index is 1.72. The van der Waals surface area contributed by atoms with Gasteiger partial charge in [-0.2, -0.15) is 0 Å². The van der Waals surface area contributed by atoms with Gasteiger partial charge in [0.2, 0.25) is 65.0 Å². The molecule has 2 saturated carbocycles. The Kier molecular flexibility index (Phi) is 24.6. The molecule has 4 aliphatic rings. The minimum atomic E-state index is -1.36. The molecule has 1 spiro atoms. The topological polar surface area (TPSA) is 250 Å². The van der Waals surface area contributed by atoms with Crippen molar-refractivity contribution in [3.05, 3.63) is 0 Å². The third-order valence-electron chi connectivity index (χ3n) is 17.6. The highest BCUT2D eigenvalue weighted by Crippen LogP contribution is 2.35.